The molecule has 0 radical (unpaired) electrons. The maximum Gasteiger partial charge on any atom is 0.172 e. The number of amidine groups is 1. The smallest absolute Gasteiger partial charge is 0.172 e. The van der Waals surface area contributed by atoms with E-state index < -0.39 is 0 Å². The molecule has 1 saturated carbocycles. The van der Waals surface area contributed by atoms with E-state index in [4.69, 9.17) is 17.2 Å². The quantitative estimate of drug-likeness (QED) is 0.467. The molecule has 0 saturated heterocycles. The van der Waals surface area contributed by atoms with E-state index >= 15 is 0 Å². The van der Waals surface area contributed by atoms with Crippen LogP contribution >= 0.6 is 12.2 Å². The first-order valence-electron chi connectivity index (χ1n) is 9.43. The fourth-order valence-corrected chi connectivity index (χ4v) is 3.51. The number of benzene rings is 2. The second-order valence-corrected chi connectivity index (χ2v) is 7.36. The normalized spacial score (nSPS) is 15.5. The van der Waals surface area contributed by atoms with Crippen molar-refractivity contribution in [2.24, 2.45) is 4.99 Å². The van der Waals surface area contributed by atoms with Crippen molar-refractivity contribution in [3.8, 4) is 0 Å². The van der Waals surface area contributed by atoms with E-state index in [9.17, 15) is 0 Å². The third kappa shape index (κ3) is 5.67. The Morgan fingerprint density at radius 1 is 1.00 bits per heavy atom. The molecular weight excluding hydrogens is 338 g/mol. The lowest BCUT2D eigenvalue weighted by atomic mass is 9.96. The predicted molar refractivity (Wildman–Crippen MR) is 114 cm³/mol. The molecule has 2 N–H and O–H groups in total. The van der Waals surface area contributed by atoms with Crippen molar-refractivity contribution in [2.45, 2.75) is 51.6 Å². The lowest BCUT2D eigenvalue weighted by Gasteiger charge is -2.24. The zero-order chi connectivity index (χ0) is 18.2. The van der Waals surface area contributed by atoms with E-state index in [2.05, 4.69) is 54.0 Å². The molecular formula is C22H27N3S. The Morgan fingerprint density at radius 2 is 1.69 bits per heavy atom. The first kappa shape index (κ1) is 18.6. The van der Waals surface area contributed by atoms with Gasteiger partial charge in [-0.2, -0.15) is 0 Å². The molecule has 0 aromatic heterocycles. The van der Waals surface area contributed by atoms with Gasteiger partial charge in [0.15, 0.2) is 5.11 Å². The highest BCUT2D eigenvalue weighted by molar-refractivity contribution is 7.80. The van der Waals surface area contributed by atoms with Crippen molar-refractivity contribution in [3.63, 3.8) is 0 Å². The molecule has 0 bridgehead atoms. The van der Waals surface area contributed by atoms with Crippen LogP contribution in [0.4, 0.5) is 0 Å². The Morgan fingerprint density at radius 3 is 2.38 bits per heavy atom. The van der Waals surface area contributed by atoms with Crippen LogP contribution in [-0.4, -0.2) is 17.0 Å². The Hall–Kier alpha value is -2.20. The summed E-state index contributed by atoms with van der Waals surface area (Å²) >= 11 is 5.56. The summed E-state index contributed by atoms with van der Waals surface area (Å²) in [5.74, 6) is 0.821. The maximum atomic E-state index is 5.56. The van der Waals surface area contributed by atoms with Crippen molar-refractivity contribution in [1.29, 1.82) is 0 Å². The van der Waals surface area contributed by atoms with E-state index in [1.165, 1.54) is 43.2 Å². The van der Waals surface area contributed by atoms with Gasteiger partial charge in [0, 0.05) is 11.6 Å². The lowest BCUT2D eigenvalue weighted by molar-refractivity contribution is 0.413. The molecule has 1 aliphatic carbocycles. The molecule has 1 aliphatic rings. The molecule has 3 nitrogen and oxygen atoms in total. The second kappa shape index (κ2) is 9.48. The molecule has 0 spiro atoms. The Bertz CT molecular complexity index is 732. The highest BCUT2D eigenvalue weighted by Crippen LogP contribution is 2.17. The third-order valence-corrected chi connectivity index (χ3v) is 4.98. The molecule has 2 aromatic carbocycles. The Balaban J connectivity index is 1.71. The summed E-state index contributed by atoms with van der Waals surface area (Å²) in [5, 5.41) is 7.48. The van der Waals surface area contributed by atoms with Crippen molar-refractivity contribution in [3.05, 3.63) is 71.3 Å². The molecule has 0 aliphatic heterocycles. The van der Waals surface area contributed by atoms with Gasteiger partial charge in [-0.05, 0) is 37.5 Å². The van der Waals surface area contributed by atoms with Crippen LogP contribution in [0, 0.1) is 6.92 Å². The molecule has 0 heterocycles. The molecule has 0 unspecified atom stereocenters. The van der Waals surface area contributed by atoms with Gasteiger partial charge in [0.25, 0.3) is 0 Å². The van der Waals surface area contributed by atoms with Crippen LogP contribution in [0.25, 0.3) is 0 Å². The average Bonchev–Trinajstić information content (AvgIpc) is 2.67. The minimum atomic E-state index is 0.483. The van der Waals surface area contributed by atoms with Crippen LogP contribution in [0.5, 0.6) is 0 Å². The number of hydrogen-bond donors (Lipinski definition) is 2. The zero-order valence-electron chi connectivity index (χ0n) is 15.4. The maximum absolute atomic E-state index is 5.56. The number of nitrogens with zero attached hydrogens (tertiary/aromatic N) is 1. The van der Waals surface area contributed by atoms with Crippen LogP contribution in [0.15, 0.2) is 59.6 Å². The minimum Gasteiger partial charge on any atom is -0.360 e. The molecule has 26 heavy (non-hydrogen) atoms. The zero-order valence-corrected chi connectivity index (χ0v) is 16.2. The molecule has 0 atom stereocenters. The second-order valence-electron chi connectivity index (χ2n) is 6.95. The number of nitrogens with one attached hydrogen (secondary N) is 2. The Kier molecular flexibility index (Phi) is 6.78. The lowest BCUT2D eigenvalue weighted by Crippen LogP contribution is -2.45. The van der Waals surface area contributed by atoms with E-state index in [0.29, 0.717) is 17.7 Å². The third-order valence-electron chi connectivity index (χ3n) is 4.76. The number of rotatable bonds is 4. The molecule has 1 fully saturated rings. The topological polar surface area (TPSA) is 36.4 Å². The monoisotopic (exact) mass is 365 g/mol. The SMILES string of the molecule is Cc1ccc(C(=NCc2ccccc2)NC(=S)NC2CCCCC2)cc1. The van der Waals surface area contributed by atoms with Gasteiger partial charge in [-0.25, -0.2) is 0 Å². The summed E-state index contributed by atoms with van der Waals surface area (Å²) in [6, 6.07) is 19.2. The van der Waals surface area contributed by atoms with Crippen LogP contribution in [0.1, 0.15) is 48.8 Å². The molecule has 136 valence electrons. The highest BCUT2D eigenvalue weighted by Gasteiger charge is 2.15. The summed E-state index contributed by atoms with van der Waals surface area (Å²) in [6.07, 6.45) is 6.30. The summed E-state index contributed by atoms with van der Waals surface area (Å²) in [7, 11) is 0. The van der Waals surface area contributed by atoms with Gasteiger partial charge in [-0.1, -0.05) is 79.4 Å². The largest absolute Gasteiger partial charge is 0.360 e. The van der Waals surface area contributed by atoms with Crippen LogP contribution in [0.3, 0.4) is 0 Å². The predicted octanol–water partition coefficient (Wildman–Crippen LogP) is 4.74. The van der Waals surface area contributed by atoms with Gasteiger partial charge in [0.1, 0.15) is 5.84 Å². The number of hydrogen-bond acceptors (Lipinski definition) is 2. The van der Waals surface area contributed by atoms with Crippen LogP contribution < -0.4 is 10.6 Å². The average molecular weight is 366 g/mol. The van der Waals surface area contributed by atoms with Gasteiger partial charge in [0.2, 0.25) is 0 Å². The van der Waals surface area contributed by atoms with Gasteiger partial charge in [-0.3, -0.25) is 4.99 Å². The van der Waals surface area contributed by atoms with Gasteiger partial charge in [0.05, 0.1) is 6.54 Å². The van der Waals surface area contributed by atoms with E-state index in [1.807, 2.05) is 18.2 Å². The summed E-state index contributed by atoms with van der Waals surface area (Å²) in [5.41, 5.74) is 3.48. The molecule has 0 amide bonds. The summed E-state index contributed by atoms with van der Waals surface area (Å²) in [6.45, 7) is 2.72. The fraction of sp³-hybridized carbons (Fsp3) is 0.364. The van der Waals surface area contributed by atoms with Crippen molar-refractivity contribution < 1.29 is 0 Å². The Labute approximate surface area is 161 Å². The van der Waals surface area contributed by atoms with Crippen molar-refractivity contribution in [2.75, 3.05) is 0 Å². The molecule has 2 aromatic rings. The van der Waals surface area contributed by atoms with Crippen LogP contribution in [0.2, 0.25) is 0 Å². The van der Waals surface area contributed by atoms with E-state index in [1.54, 1.807) is 0 Å². The number of aliphatic imine (C=N–C) groups is 1. The minimum absolute atomic E-state index is 0.483. The van der Waals surface area contributed by atoms with E-state index in [-0.39, 0.29) is 0 Å². The number of thiocarbonyl (C=S) groups is 1. The molecule has 4 heteroatoms. The first-order valence-corrected chi connectivity index (χ1v) is 9.84. The van der Waals surface area contributed by atoms with Gasteiger partial charge >= 0.3 is 0 Å². The fourth-order valence-electron chi connectivity index (χ4n) is 3.24. The molecule has 3 rings (SSSR count). The van der Waals surface area contributed by atoms with Crippen LogP contribution in [-0.2, 0) is 6.54 Å². The highest BCUT2D eigenvalue weighted by atomic mass is 32.1. The summed E-state index contributed by atoms with van der Waals surface area (Å²) < 4.78 is 0. The van der Waals surface area contributed by atoms with Crippen molar-refractivity contribution in [1.82, 2.24) is 10.6 Å². The van der Waals surface area contributed by atoms with Gasteiger partial charge < -0.3 is 10.6 Å². The summed E-state index contributed by atoms with van der Waals surface area (Å²) in [4.78, 5) is 4.80. The van der Waals surface area contributed by atoms with Gasteiger partial charge in [-0.15, -0.1) is 0 Å². The number of aryl methyl sites for hydroxylation is 1. The first-order chi connectivity index (χ1) is 12.7. The van der Waals surface area contributed by atoms with Crippen molar-refractivity contribution >= 4 is 23.2 Å². The standard InChI is InChI=1S/C22H27N3S/c1-17-12-14-19(15-13-17)21(23-16-18-8-4-2-5-9-18)25-22(26)24-20-10-6-3-7-11-20/h2,4-5,8-9,12-15,20H,3,6-7,10-11,16H2,1H3,(H2,23,24,25,26). The van der Waals surface area contributed by atoms with E-state index in [0.717, 1.165) is 11.4 Å².